The minimum Gasteiger partial charge on any atom is -1.00 e. The van der Waals surface area contributed by atoms with Crippen LogP contribution in [-0.2, 0) is 12.7 Å². The number of fused-ring (bicyclic) bond motifs is 2. The smallest absolute Gasteiger partial charge is 0.416 e. The highest BCUT2D eigenvalue weighted by molar-refractivity contribution is 7.99. The van der Waals surface area contributed by atoms with Crippen LogP contribution in [0.5, 0.6) is 0 Å². The van der Waals surface area contributed by atoms with Crippen molar-refractivity contribution in [3.63, 3.8) is 0 Å². The van der Waals surface area contributed by atoms with Crippen molar-refractivity contribution in [3.05, 3.63) is 82.9 Å². The van der Waals surface area contributed by atoms with Crippen LogP contribution in [0.4, 0.5) is 24.5 Å². The van der Waals surface area contributed by atoms with Gasteiger partial charge in [0, 0.05) is 33.3 Å². The lowest BCUT2D eigenvalue weighted by Gasteiger charge is -2.35. The van der Waals surface area contributed by atoms with E-state index in [9.17, 15) is 13.2 Å². The van der Waals surface area contributed by atoms with E-state index in [0.717, 1.165) is 50.1 Å². The van der Waals surface area contributed by atoms with E-state index in [1.54, 1.807) is 6.07 Å². The summed E-state index contributed by atoms with van der Waals surface area (Å²) >= 11 is 7.86. The van der Waals surface area contributed by atoms with Crippen molar-refractivity contribution in [2.24, 2.45) is 0 Å². The SMILES string of the molecule is C[N+](C)(CCCN1c2ccccc2Sc2ccc(C(F)(F)F)cc21)Cc1ccccc1Cl.[Cl-]. The Labute approximate surface area is 208 Å². The van der Waals surface area contributed by atoms with Crippen molar-refractivity contribution >= 4 is 34.7 Å². The molecule has 0 aliphatic carbocycles. The third-order valence-corrected chi connectivity index (χ3v) is 7.15. The van der Waals surface area contributed by atoms with Gasteiger partial charge in [-0.25, -0.2) is 0 Å². The number of nitrogens with zero attached hydrogens (tertiary/aromatic N) is 2. The van der Waals surface area contributed by atoms with E-state index in [2.05, 4.69) is 14.1 Å². The summed E-state index contributed by atoms with van der Waals surface area (Å²) in [5.74, 6) is 0. The Balaban J connectivity index is 0.00000306. The summed E-state index contributed by atoms with van der Waals surface area (Å²) in [5, 5.41) is 0.759. The van der Waals surface area contributed by atoms with Crippen molar-refractivity contribution in [1.29, 1.82) is 0 Å². The van der Waals surface area contributed by atoms with Crippen LogP contribution in [0.1, 0.15) is 17.5 Å². The summed E-state index contributed by atoms with van der Waals surface area (Å²) in [6.45, 7) is 2.29. The van der Waals surface area contributed by atoms with Crippen LogP contribution >= 0.6 is 23.4 Å². The highest BCUT2D eigenvalue weighted by atomic mass is 35.5. The molecule has 0 saturated heterocycles. The van der Waals surface area contributed by atoms with Gasteiger partial charge in [0.1, 0.15) is 6.54 Å². The molecule has 1 heterocycles. The van der Waals surface area contributed by atoms with E-state index in [1.165, 1.54) is 23.9 Å². The minimum absolute atomic E-state index is 0. The molecule has 1 aliphatic rings. The zero-order valence-electron chi connectivity index (χ0n) is 18.4. The summed E-state index contributed by atoms with van der Waals surface area (Å²) < 4.78 is 40.9. The number of anilines is 2. The van der Waals surface area contributed by atoms with Gasteiger partial charge in [0.05, 0.1) is 37.6 Å². The molecule has 0 saturated carbocycles. The van der Waals surface area contributed by atoms with Crippen molar-refractivity contribution in [2.45, 2.75) is 28.9 Å². The quantitative estimate of drug-likeness (QED) is 0.443. The van der Waals surface area contributed by atoms with E-state index in [4.69, 9.17) is 11.6 Å². The topological polar surface area (TPSA) is 3.24 Å². The van der Waals surface area contributed by atoms with Crippen molar-refractivity contribution in [1.82, 2.24) is 0 Å². The third kappa shape index (κ3) is 5.99. The Kier molecular flexibility index (Phi) is 7.95. The van der Waals surface area contributed by atoms with Crippen LogP contribution in [0.2, 0.25) is 5.02 Å². The molecule has 0 radical (unpaired) electrons. The number of halogens is 5. The molecule has 0 bridgehead atoms. The Bertz CT molecular complexity index is 1120. The predicted molar refractivity (Wildman–Crippen MR) is 126 cm³/mol. The first-order valence-electron chi connectivity index (χ1n) is 10.5. The molecule has 3 aromatic rings. The van der Waals surface area contributed by atoms with Gasteiger partial charge in [-0.2, -0.15) is 13.2 Å². The molecular formula is C25H25Cl2F3N2S. The maximum atomic E-state index is 13.4. The molecule has 0 amide bonds. The Morgan fingerprint density at radius 2 is 1.58 bits per heavy atom. The fourth-order valence-corrected chi connectivity index (χ4v) is 5.34. The average molecular weight is 513 g/mol. The van der Waals surface area contributed by atoms with Gasteiger partial charge < -0.3 is 21.8 Å². The Morgan fingerprint density at radius 3 is 2.30 bits per heavy atom. The summed E-state index contributed by atoms with van der Waals surface area (Å²) in [6, 6.07) is 19.8. The lowest BCUT2D eigenvalue weighted by Crippen LogP contribution is -3.00. The van der Waals surface area contributed by atoms with Crippen molar-refractivity contribution < 1.29 is 30.1 Å². The molecule has 176 valence electrons. The van der Waals surface area contributed by atoms with Gasteiger partial charge in [0.2, 0.25) is 0 Å². The zero-order valence-corrected chi connectivity index (χ0v) is 20.7. The van der Waals surface area contributed by atoms with Gasteiger partial charge in [0.25, 0.3) is 0 Å². The number of para-hydroxylation sites is 1. The molecule has 0 unspecified atom stereocenters. The lowest BCUT2D eigenvalue weighted by atomic mass is 10.1. The standard InChI is InChI=1S/C25H25ClF3N2S.ClH/c1-31(2,17-18-8-3-4-9-20(18)26)15-7-14-30-21-10-5-6-11-23(21)32-24-13-12-19(16-22(24)30)25(27,28)29;/h3-6,8-13,16H,7,14-15,17H2,1-2H3;1H/q+1;/p-1. The van der Waals surface area contributed by atoms with Gasteiger partial charge in [-0.15, -0.1) is 0 Å². The summed E-state index contributed by atoms with van der Waals surface area (Å²) in [7, 11) is 4.30. The van der Waals surface area contributed by atoms with Gasteiger partial charge in [-0.3, -0.25) is 0 Å². The van der Waals surface area contributed by atoms with Crippen LogP contribution < -0.4 is 17.3 Å². The van der Waals surface area contributed by atoms with Crippen LogP contribution in [-0.4, -0.2) is 31.7 Å². The second-order valence-corrected chi connectivity index (χ2v) is 10.2. The highest BCUT2D eigenvalue weighted by Gasteiger charge is 2.33. The summed E-state index contributed by atoms with van der Waals surface area (Å²) in [5.41, 5.74) is 2.07. The Hall–Kier alpha value is -1.86. The molecule has 0 spiro atoms. The second-order valence-electron chi connectivity index (χ2n) is 8.66. The number of hydrogen-bond donors (Lipinski definition) is 0. The largest absolute Gasteiger partial charge is 1.00 e. The maximum Gasteiger partial charge on any atom is 0.416 e. The van der Waals surface area contributed by atoms with E-state index >= 15 is 0 Å². The molecule has 0 atom stereocenters. The third-order valence-electron chi connectivity index (χ3n) is 5.65. The molecule has 33 heavy (non-hydrogen) atoms. The molecule has 8 heteroatoms. The maximum absolute atomic E-state index is 13.4. The second kappa shape index (κ2) is 10.2. The van der Waals surface area contributed by atoms with E-state index in [1.807, 2.05) is 53.4 Å². The van der Waals surface area contributed by atoms with Crippen molar-refractivity contribution in [3.8, 4) is 0 Å². The minimum atomic E-state index is -4.36. The molecular weight excluding hydrogens is 488 g/mol. The van der Waals surface area contributed by atoms with Crippen LogP contribution in [0.15, 0.2) is 76.5 Å². The number of hydrogen-bond acceptors (Lipinski definition) is 2. The van der Waals surface area contributed by atoms with Crippen LogP contribution in [0, 0.1) is 0 Å². The summed E-state index contributed by atoms with van der Waals surface area (Å²) in [6.07, 6.45) is -3.54. The van der Waals surface area contributed by atoms with E-state index in [0.29, 0.717) is 12.2 Å². The molecule has 0 aromatic heterocycles. The number of benzene rings is 3. The molecule has 0 fully saturated rings. The zero-order chi connectivity index (χ0) is 22.9. The first-order valence-corrected chi connectivity index (χ1v) is 11.6. The first kappa shape index (κ1) is 25.8. The molecule has 0 N–H and O–H groups in total. The fraction of sp³-hybridized carbons (Fsp3) is 0.280. The van der Waals surface area contributed by atoms with E-state index < -0.39 is 11.7 Å². The summed E-state index contributed by atoms with van der Waals surface area (Å²) in [4.78, 5) is 3.94. The van der Waals surface area contributed by atoms with Gasteiger partial charge in [-0.05, 0) is 36.4 Å². The highest BCUT2D eigenvalue weighted by Crippen LogP contribution is 2.49. The normalized spacial score (nSPS) is 13.2. The van der Waals surface area contributed by atoms with Crippen LogP contribution in [0.25, 0.3) is 0 Å². The molecule has 4 rings (SSSR count). The molecule has 3 aromatic carbocycles. The van der Waals surface area contributed by atoms with Crippen LogP contribution in [0.3, 0.4) is 0 Å². The molecule has 1 aliphatic heterocycles. The first-order chi connectivity index (χ1) is 15.1. The number of rotatable bonds is 6. The van der Waals surface area contributed by atoms with Gasteiger partial charge in [-0.1, -0.05) is 53.7 Å². The van der Waals surface area contributed by atoms with Gasteiger partial charge in [0.15, 0.2) is 0 Å². The van der Waals surface area contributed by atoms with Crippen molar-refractivity contribution in [2.75, 3.05) is 32.1 Å². The van der Waals surface area contributed by atoms with Gasteiger partial charge >= 0.3 is 6.18 Å². The average Bonchev–Trinajstić information content (AvgIpc) is 2.73. The molecule has 2 nitrogen and oxygen atoms in total. The number of alkyl halides is 3. The monoisotopic (exact) mass is 512 g/mol. The lowest BCUT2D eigenvalue weighted by molar-refractivity contribution is -0.903. The fourth-order valence-electron chi connectivity index (χ4n) is 4.07. The Morgan fingerprint density at radius 1 is 0.909 bits per heavy atom. The van der Waals surface area contributed by atoms with E-state index in [-0.39, 0.29) is 12.4 Å². The number of quaternary nitrogens is 1. The predicted octanol–water partition coefficient (Wildman–Crippen LogP) is 4.63.